The average molecular weight is 437 g/mol. The quantitative estimate of drug-likeness (QED) is 0.389. The van der Waals surface area contributed by atoms with Crippen LogP contribution in [0.25, 0.3) is 11.4 Å². The van der Waals surface area contributed by atoms with Crippen LogP contribution in [0, 0.1) is 12.7 Å². The lowest BCUT2D eigenvalue weighted by Crippen LogP contribution is -2.19. The summed E-state index contributed by atoms with van der Waals surface area (Å²) >= 11 is 1.32. The summed E-state index contributed by atoms with van der Waals surface area (Å²) in [4.78, 5) is 13.2. The molecule has 0 saturated carbocycles. The van der Waals surface area contributed by atoms with Crippen LogP contribution in [0.1, 0.15) is 23.5 Å². The van der Waals surface area contributed by atoms with E-state index in [-0.39, 0.29) is 11.7 Å². The topological polar surface area (TPSA) is 73.0 Å². The van der Waals surface area contributed by atoms with Crippen LogP contribution in [0.2, 0.25) is 0 Å². The third kappa shape index (κ3) is 4.54. The molecule has 0 spiro atoms. The fraction of sp³-hybridized carbons (Fsp3) is 0.174. The number of rotatable bonds is 7. The predicted octanol–water partition coefficient (Wildman–Crippen LogP) is 5.48. The molecular formula is C23H21FN4O2S. The molecule has 0 fully saturated rings. The number of amides is 1. The van der Waals surface area contributed by atoms with Crippen molar-refractivity contribution in [2.24, 2.45) is 0 Å². The second kappa shape index (κ2) is 9.18. The number of carbonyl (C=O) groups is 1. The molecule has 0 aliphatic rings. The summed E-state index contributed by atoms with van der Waals surface area (Å²) in [6.45, 7) is 4.51. The van der Waals surface area contributed by atoms with E-state index in [0.717, 1.165) is 16.9 Å². The fourth-order valence-electron chi connectivity index (χ4n) is 3.22. The zero-order valence-corrected chi connectivity index (χ0v) is 17.9. The minimum Gasteiger partial charge on any atom is -0.469 e. The van der Waals surface area contributed by atoms with Crippen LogP contribution in [0.4, 0.5) is 10.1 Å². The molecule has 1 atom stereocenters. The van der Waals surface area contributed by atoms with E-state index < -0.39 is 5.25 Å². The third-order valence-electron chi connectivity index (χ3n) is 4.81. The van der Waals surface area contributed by atoms with Crippen LogP contribution in [0.5, 0.6) is 0 Å². The number of nitrogens with zero attached hydrogens (tertiary/aromatic N) is 3. The van der Waals surface area contributed by atoms with Gasteiger partial charge in [0.1, 0.15) is 16.8 Å². The van der Waals surface area contributed by atoms with Gasteiger partial charge in [0.25, 0.3) is 0 Å². The monoisotopic (exact) mass is 436 g/mol. The van der Waals surface area contributed by atoms with Gasteiger partial charge in [-0.1, -0.05) is 42.1 Å². The van der Waals surface area contributed by atoms with Crippen molar-refractivity contribution in [2.75, 3.05) is 5.32 Å². The maximum atomic E-state index is 13.2. The Morgan fingerprint density at radius 2 is 1.87 bits per heavy atom. The number of carbonyl (C=O) groups excluding carboxylic acids is 1. The molecule has 4 rings (SSSR count). The number of furan rings is 1. The summed E-state index contributed by atoms with van der Waals surface area (Å²) in [5, 5.41) is 11.6. The van der Waals surface area contributed by atoms with E-state index in [1.807, 2.05) is 54.8 Å². The lowest BCUT2D eigenvalue weighted by Gasteiger charge is -2.17. The SMILES string of the molecule is CCn1c(S[C@H](C(=O)Nc2ccc(F)cc2)c2ccccc2)nnc1-c1ccoc1C. The molecule has 31 heavy (non-hydrogen) atoms. The summed E-state index contributed by atoms with van der Waals surface area (Å²) in [5.74, 6) is 0.869. The molecule has 0 saturated heterocycles. The molecular weight excluding hydrogens is 415 g/mol. The van der Waals surface area contributed by atoms with Crippen molar-refractivity contribution in [1.29, 1.82) is 0 Å². The van der Waals surface area contributed by atoms with Gasteiger partial charge in [-0.2, -0.15) is 0 Å². The molecule has 0 bridgehead atoms. The molecule has 1 N–H and O–H groups in total. The minimum absolute atomic E-state index is 0.227. The number of halogens is 1. The van der Waals surface area contributed by atoms with Gasteiger partial charge in [-0.25, -0.2) is 4.39 Å². The first-order valence-corrected chi connectivity index (χ1v) is 10.7. The van der Waals surface area contributed by atoms with Gasteiger partial charge in [-0.15, -0.1) is 10.2 Å². The van der Waals surface area contributed by atoms with Gasteiger partial charge in [0, 0.05) is 12.2 Å². The maximum absolute atomic E-state index is 13.2. The number of thioether (sulfide) groups is 1. The fourth-order valence-corrected chi connectivity index (χ4v) is 4.33. The van der Waals surface area contributed by atoms with Crippen molar-refractivity contribution in [3.63, 3.8) is 0 Å². The van der Waals surface area contributed by atoms with Gasteiger partial charge in [-0.05, 0) is 49.7 Å². The maximum Gasteiger partial charge on any atom is 0.242 e. The molecule has 1 amide bonds. The Morgan fingerprint density at radius 3 is 2.52 bits per heavy atom. The summed E-state index contributed by atoms with van der Waals surface area (Å²) in [6, 6.07) is 17.0. The molecule has 6 nitrogen and oxygen atoms in total. The number of aryl methyl sites for hydroxylation is 1. The van der Waals surface area contributed by atoms with E-state index in [1.54, 1.807) is 6.26 Å². The lowest BCUT2D eigenvalue weighted by molar-refractivity contribution is -0.115. The first kappa shape index (κ1) is 20.9. The molecule has 0 aliphatic carbocycles. The van der Waals surface area contributed by atoms with Gasteiger partial charge in [0.15, 0.2) is 11.0 Å². The van der Waals surface area contributed by atoms with Crippen LogP contribution in [-0.4, -0.2) is 20.7 Å². The van der Waals surface area contributed by atoms with Crippen molar-refractivity contribution in [2.45, 2.75) is 30.8 Å². The largest absolute Gasteiger partial charge is 0.469 e. The molecule has 2 heterocycles. The number of hydrogen-bond donors (Lipinski definition) is 1. The van der Waals surface area contributed by atoms with Gasteiger partial charge in [0.05, 0.1) is 11.8 Å². The molecule has 4 aromatic rings. The van der Waals surface area contributed by atoms with Crippen LogP contribution in [0.15, 0.2) is 76.5 Å². The van der Waals surface area contributed by atoms with E-state index in [2.05, 4.69) is 15.5 Å². The first-order chi connectivity index (χ1) is 15.1. The zero-order valence-electron chi connectivity index (χ0n) is 17.1. The average Bonchev–Trinajstić information content (AvgIpc) is 3.39. The van der Waals surface area contributed by atoms with Crippen molar-refractivity contribution in [3.05, 3.63) is 84.1 Å². The molecule has 0 aliphatic heterocycles. The van der Waals surface area contributed by atoms with Crippen molar-refractivity contribution >= 4 is 23.4 Å². The van der Waals surface area contributed by atoms with Gasteiger partial charge >= 0.3 is 0 Å². The van der Waals surface area contributed by atoms with Crippen LogP contribution < -0.4 is 5.32 Å². The summed E-state index contributed by atoms with van der Waals surface area (Å²) in [7, 11) is 0. The molecule has 158 valence electrons. The number of benzene rings is 2. The van der Waals surface area contributed by atoms with E-state index in [9.17, 15) is 9.18 Å². The van der Waals surface area contributed by atoms with Crippen molar-refractivity contribution in [3.8, 4) is 11.4 Å². The van der Waals surface area contributed by atoms with Crippen molar-refractivity contribution < 1.29 is 13.6 Å². The Hall–Kier alpha value is -3.39. The molecule has 0 radical (unpaired) electrons. The summed E-state index contributed by atoms with van der Waals surface area (Å²) < 4.78 is 20.6. The number of aromatic nitrogens is 3. The van der Waals surface area contributed by atoms with Crippen LogP contribution >= 0.6 is 11.8 Å². The van der Waals surface area contributed by atoms with Gasteiger partial charge in [-0.3, -0.25) is 4.79 Å². The third-order valence-corrected chi connectivity index (χ3v) is 6.04. The Balaban J connectivity index is 1.66. The molecule has 2 aromatic heterocycles. The summed E-state index contributed by atoms with van der Waals surface area (Å²) in [5.41, 5.74) is 2.23. The number of hydrogen-bond acceptors (Lipinski definition) is 5. The molecule has 8 heteroatoms. The van der Waals surface area contributed by atoms with Crippen LogP contribution in [0.3, 0.4) is 0 Å². The predicted molar refractivity (Wildman–Crippen MR) is 118 cm³/mol. The first-order valence-electron chi connectivity index (χ1n) is 9.82. The Morgan fingerprint density at radius 1 is 1.13 bits per heavy atom. The van der Waals surface area contributed by atoms with Crippen molar-refractivity contribution in [1.82, 2.24) is 14.8 Å². The highest BCUT2D eigenvalue weighted by atomic mass is 32.2. The minimum atomic E-state index is -0.570. The van der Waals surface area contributed by atoms with Gasteiger partial charge < -0.3 is 14.3 Å². The van der Waals surface area contributed by atoms with Crippen LogP contribution in [-0.2, 0) is 11.3 Å². The highest BCUT2D eigenvalue weighted by molar-refractivity contribution is 8.00. The molecule has 2 aromatic carbocycles. The highest BCUT2D eigenvalue weighted by Crippen LogP contribution is 2.37. The summed E-state index contributed by atoms with van der Waals surface area (Å²) in [6.07, 6.45) is 1.62. The second-order valence-corrected chi connectivity index (χ2v) is 7.92. The van der Waals surface area contributed by atoms with Gasteiger partial charge in [0.2, 0.25) is 5.91 Å². The molecule has 0 unspecified atom stereocenters. The lowest BCUT2D eigenvalue weighted by atomic mass is 10.1. The second-order valence-electron chi connectivity index (χ2n) is 6.85. The van der Waals surface area contributed by atoms with E-state index in [1.165, 1.54) is 36.0 Å². The normalized spacial score (nSPS) is 12.0. The number of anilines is 1. The standard InChI is InChI=1S/C23H21FN4O2S/c1-3-28-21(19-13-14-30-15(19)2)26-27-23(28)31-20(16-7-5-4-6-8-16)22(29)25-18-11-9-17(24)10-12-18/h4-14,20H,3H2,1-2H3,(H,25,29)/t20-/m0/s1. The van der Waals surface area contributed by atoms with E-state index in [4.69, 9.17) is 4.42 Å². The Labute approximate surface area is 183 Å². The Kier molecular flexibility index (Phi) is 6.18. The number of nitrogens with one attached hydrogen (secondary N) is 1. The highest BCUT2D eigenvalue weighted by Gasteiger charge is 2.26. The van der Waals surface area contributed by atoms with E-state index in [0.29, 0.717) is 23.2 Å². The Bertz CT molecular complexity index is 1170. The smallest absolute Gasteiger partial charge is 0.242 e. The zero-order chi connectivity index (χ0) is 21.8. The van der Waals surface area contributed by atoms with E-state index >= 15 is 0 Å².